The lowest BCUT2D eigenvalue weighted by atomic mass is 10.1. The molecule has 1 amide bonds. The maximum Gasteiger partial charge on any atom is 0.253 e. The van der Waals surface area contributed by atoms with Gasteiger partial charge in [0, 0.05) is 6.04 Å². The predicted octanol–water partition coefficient (Wildman–Crippen LogP) is 2.84. The van der Waals surface area contributed by atoms with Crippen LogP contribution in [0.1, 0.15) is 36.0 Å². The Bertz CT molecular complexity index is 469. The highest BCUT2D eigenvalue weighted by molar-refractivity contribution is 6.36. The van der Waals surface area contributed by atoms with Crippen LogP contribution in [0.2, 0.25) is 5.02 Å². The quantitative estimate of drug-likeness (QED) is 0.822. The molecule has 3 nitrogen and oxygen atoms in total. The molecule has 0 unspecified atom stereocenters. The van der Waals surface area contributed by atoms with Crippen molar-refractivity contribution in [2.24, 2.45) is 11.8 Å². The zero-order valence-electron chi connectivity index (χ0n) is 10.2. The van der Waals surface area contributed by atoms with Crippen LogP contribution in [0.15, 0.2) is 18.2 Å². The SMILES string of the molecule is Nc1cccc(C(=O)NC(C2CC2)C2CC2)c1Cl. The van der Waals surface area contributed by atoms with E-state index in [9.17, 15) is 4.79 Å². The summed E-state index contributed by atoms with van der Waals surface area (Å²) in [4.78, 5) is 12.2. The minimum absolute atomic E-state index is 0.0869. The number of nitrogens with one attached hydrogen (secondary N) is 1. The van der Waals surface area contributed by atoms with Crippen LogP contribution < -0.4 is 11.1 Å². The minimum Gasteiger partial charge on any atom is -0.398 e. The molecule has 3 N–H and O–H groups in total. The molecule has 18 heavy (non-hydrogen) atoms. The number of benzene rings is 1. The van der Waals surface area contributed by atoms with Gasteiger partial charge in [-0.3, -0.25) is 4.79 Å². The van der Waals surface area contributed by atoms with Crippen molar-refractivity contribution in [1.29, 1.82) is 0 Å². The highest BCUT2D eigenvalue weighted by atomic mass is 35.5. The Balaban J connectivity index is 1.75. The van der Waals surface area contributed by atoms with Gasteiger partial charge in [-0.1, -0.05) is 17.7 Å². The molecule has 96 valence electrons. The number of anilines is 1. The number of carbonyl (C=O) groups excluding carboxylic acids is 1. The molecule has 1 aromatic carbocycles. The fraction of sp³-hybridized carbons (Fsp3) is 0.500. The van der Waals surface area contributed by atoms with Crippen LogP contribution in [0.4, 0.5) is 5.69 Å². The molecule has 0 aliphatic heterocycles. The molecule has 2 aliphatic rings. The van der Waals surface area contributed by atoms with Crippen LogP contribution in [-0.2, 0) is 0 Å². The van der Waals surface area contributed by atoms with Gasteiger partial charge in [-0.05, 0) is 49.7 Å². The maximum absolute atomic E-state index is 12.2. The van der Waals surface area contributed by atoms with Gasteiger partial charge in [-0.2, -0.15) is 0 Å². The van der Waals surface area contributed by atoms with E-state index in [1.54, 1.807) is 18.2 Å². The summed E-state index contributed by atoms with van der Waals surface area (Å²) in [6, 6.07) is 5.54. The van der Waals surface area contributed by atoms with E-state index in [1.165, 1.54) is 25.7 Å². The number of halogens is 1. The molecule has 0 spiro atoms. The van der Waals surface area contributed by atoms with Crippen LogP contribution in [0.25, 0.3) is 0 Å². The highest BCUT2D eigenvalue weighted by Gasteiger charge is 2.42. The van der Waals surface area contributed by atoms with Crippen LogP contribution >= 0.6 is 11.6 Å². The van der Waals surface area contributed by atoms with Crippen molar-refractivity contribution in [3.8, 4) is 0 Å². The van der Waals surface area contributed by atoms with Gasteiger partial charge in [-0.15, -0.1) is 0 Å². The normalized spacial score (nSPS) is 19.0. The average Bonchev–Trinajstić information content (AvgIpc) is 3.22. The van der Waals surface area contributed by atoms with Gasteiger partial charge >= 0.3 is 0 Å². The zero-order chi connectivity index (χ0) is 12.7. The van der Waals surface area contributed by atoms with Crippen LogP contribution in [-0.4, -0.2) is 11.9 Å². The number of hydrogen-bond donors (Lipinski definition) is 2. The Morgan fingerprint density at radius 3 is 2.44 bits per heavy atom. The third-order valence-corrected chi connectivity index (χ3v) is 4.25. The van der Waals surface area contributed by atoms with E-state index in [1.807, 2.05) is 0 Å². The molecule has 1 aromatic rings. The van der Waals surface area contributed by atoms with Crippen molar-refractivity contribution in [3.05, 3.63) is 28.8 Å². The van der Waals surface area contributed by atoms with Gasteiger partial charge in [0.2, 0.25) is 0 Å². The summed E-state index contributed by atoms with van der Waals surface area (Å²) in [6.07, 6.45) is 4.97. The maximum atomic E-state index is 12.2. The first-order chi connectivity index (χ1) is 8.66. The van der Waals surface area contributed by atoms with Crippen LogP contribution in [0.3, 0.4) is 0 Å². The number of carbonyl (C=O) groups is 1. The highest BCUT2D eigenvalue weighted by Crippen LogP contribution is 2.44. The molecular formula is C14H17ClN2O. The largest absolute Gasteiger partial charge is 0.398 e. The van der Waals surface area contributed by atoms with E-state index in [-0.39, 0.29) is 5.91 Å². The first kappa shape index (κ1) is 11.8. The molecule has 0 bridgehead atoms. The fourth-order valence-corrected chi connectivity index (χ4v) is 2.70. The first-order valence-electron chi connectivity index (χ1n) is 6.51. The molecule has 0 heterocycles. The van der Waals surface area contributed by atoms with Gasteiger partial charge in [-0.25, -0.2) is 0 Å². The van der Waals surface area contributed by atoms with Gasteiger partial charge in [0.1, 0.15) is 0 Å². The van der Waals surface area contributed by atoms with Gasteiger partial charge in [0.05, 0.1) is 16.3 Å². The van der Waals surface area contributed by atoms with E-state index in [0.717, 1.165) is 0 Å². The molecule has 3 rings (SSSR count). The van der Waals surface area contributed by atoms with E-state index in [4.69, 9.17) is 17.3 Å². The summed E-state index contributed by atoms with van der Waals surface area (Å²) in [5.74, 6) is 1.28. The van der Waals surface area contributed by atoms with E-state index < -0.39 is 0 Å². The Hall–Kier alpha value is -1.22. The van der Waals surface area contributed by atoms with Crippen molar-refractivity contribution >= 4 is 23.2 Å². The zero-order valence-corrected chi connectivity index (χ0v) is 10.9. The molecule has 0 atom stereocenters. The lowest BCUT2D eigenvalue weighted by Gasteiger charge is -2.18. The number of nitrogen functional groups attached to an aromatic ring is 1. The summed E-state index contributed by atoms with van der Waals surface area (Å²) >= 11 is 6.08. The summed E-state index contributed by atoms with van der Waals surface area (Å²) in [5.41, 5.74) is 6.67. The van der Waals surface area contributed by atoms with Crippen molar-refractivity contribution in [3.63, 3.8) is 0 Å². The standard InChI is InChI=1S/C14H17ClN2O/c15-12-10(2-1-3-11(12)16)14(18)17-13(8-4-5-8)9-6-7-9/h1-3,8-9,13H,4-7,16H2,(H,17,18). The van der Waals surface area contributed by atoms with Crippen molar-refractivity contribution in [2.45, 2.75) is 31.7 Å². The molecule has 2 aliphatic carbocycles. The van der Waals surface area contributed by atoms with Gasteiger partial charge in [0.25, 0.3) is 5.91 Å². The Morgan fingerprint density at radius 1 is 1.28 bits per heavy atom. The number of hydrogen-bond acceptors (Lipinski definition) is 2. The van der Waals surface area contributed by atoms with E-state index >= 15 is 0 Å². The molecular weight excluding hydrogens is 248 g/mol. The van der Waals surface area contributed by atoms with Gasteiger partial charge in [0.15, 0.2) is 0 Å². The Morgan fingerprint density at radius 2 is 1.89 bits per heavy atom. The number of amides is 1. The smallest absolute Gasteiger partial charge is 0.253 e. The number of rotatable bonds is 4. The molecule has 2 saturated carbocycles. The fourth-order valence-electron chi connectivity index (χ4n) is 2.49. The second-order valence-electron chi connectivity index (χ2n) is 5.38. The molecule has 0 saturated heterocycles. The topological polar surface area (TPSA) is 55.1 Å². The predicted molar refractivity (Wildman–Crippen MR) is 72.6 cm³/mol. The van der Waals surface area contributed by atoms with Crippen molar-refractivity contribution in [2.75, 3.05) is 5.73 Å². The molecule has 0 radical (unpaired) electrons. The Kier molecular flexibility index (Phi) is 2.94. The first-order valence-corrected chi connectivity index (χ1v) is 6.89. The second kappa shape index (κ2) is 4.47. The molecule has 2 fully saturated rings. The molecule has 0 aromatic heterocycles. The van der Waals surface area contributed by atoms with Crippen molar-refractivity contribution < 1.29 is 4.79 Å². The number of nitrogens with two attached hydrogens (primary N) is 1. The molecule has 4 heteroatoms. The monoisotopic (exact) mass is 264 g/mol. The Labute approximate surface area is 112 Å². The second-order valence-corrected chi connectivity index (χ2v) is 5.76. The third-order valence-electron chi connectivity index (χ3n) is 3.83. The summed E-state index contributed by atoms with van der Waals surface area (Å²) in [6.45, 7) is 0. The van der Waals surface area contributed by atoms with Crippen LogP contribution in [0.5, 0.6) is 0 Å². The minimum atomic E-state index is -0.0869. The summed E-state index contributed by atoms with van der Waals surface area (Å²) in [7, 11) is 0. The van der Waals surface area contributed by atoms with E-state index in [0.29, 0.717) is 34.2 Å². The lowest BCUT2D eigenvalue weighted by molar-refractivity contribution is 0.0926. The summed E-state index contributed by atoms with van der Waals surface area (Å²) in [5, 5.41) is 3.51. The lowest BCUT2D eigenvalue weighted by Crippen LogP contribution is -2.38. The third kappa shape index (κ3) is 2.32. The van der Waals surface area contributed by atoms with Crippen LogP contribution in [0, 0.1) is 11.8 Å². The average molecular weight is 265 g/mol. The van der Waals surface area contributed by atoms with Gasteiger partial charge < -0.3 is 11.1 Å². The summed E-state index contributed by atoms with van der Waals surface area (Å²) < 4.78 is 0. The van der Waals surface area contributed by atoms with E-state index in [2.05, 4.69) is 5.32 Å². The van der Waals surface area contributed by atoms with Crippen molar-refractivity contribution in [1.82, 2.24) is 5.32 Å².